The first-order valence-corrected chi connectivity index (χ1v) is 15.8. The van der Waals surface area contributed by atoms with Crippen LogP contribution in [0.15, 0.2) is 65.0 Å². The number of nitro benzene ring substituents is 1. The fraction of sp³-hybridized carbons (Fsp3) is 0.500. The van der Waals surface area contributed by atoms with Crippen LogP contribution in [-0.4, -0.2) is 48.3 Å². The summed E-state index contributed by atoms with van der Waals surface area (Å²) in [6, 6.07) is 12.0. The lowest BCUT2D eigenvalue weighted by Crippen LogP contribution is -2.44. The number of nitrogens with zero attached hydrogens (tertiary/aromatic N) is 2. The Hall–Kier alpha value is -3.98. The third kappa shape index (κ3) is 6.83. The average molecular weight is 617 g/mol. The minimum Gasteiger partial charge on any atom is -0.490 e. The molecule has 0 N–H and O–H groups in total. The van der Waals surface area contributed by atoms with Gasteiger partial charge in [-0.1, -0.05) is 45.9 Å². The maximum Gasteiger partial charge on any atom is 0.269 e. The van der Waals surface area contributed by atoms with Crippen molar-refractivity contribution >= 4 is 17.3 Å². The molecule has 9 nitrogen and oxygen atoms in total. The van der Waals surface area contributed by atoms with Crippen molar-refractivity contribution in [3.63, 3.8) is 0 Å². The van der Waals surface area contributed by atoms with E-state index in [1.807, 2.05) is 25.1 Å². The van der Waals surface area contributed by atoms with E-state index >= 15 is 0 Å². The van der Waals surface area contributed by atoms with Crippen LogP contribution in [0, 0.1) is 20.9 Å². The van der Waals surface area contributed by atoms with E-state index in [2.05, 4.69) is 32.6 Å². The quantitative estimate of drug-likeness (QED) is 0.147. The summed E-state index contributed by atoms with van der Waals surface area (Å²) in [5, 5.41) is 11.2. The first kappa shape index (κ1) is 32.4. The van der Waals surface area contributed by atoms with Gasteiger partial charge in [-0.05, 0) is 60.3 Å². The smallest absolute Gasteiger partial charge is 0.269 e. The van der Waals surface area contributed by atoms with Crippen LogP contribution < -0.4 is 9.47 Å². The lowest BCUT2D eigenvalue weighted by atomic mass is 9.63. The van der Waals surface area contributed by atoms with E-state index < -0.39 is 10.8 Å². The first-order valence-electron chi connectivity index (χ1n) is 15.8. The predicted molar refractivity (Wildman–Crippen MR) is 171 cm³/mol. The number of Topliss-reactive ketones (excluding diaryl/α,β-unsaturated/α-hetero) is 2. The molecule has 240 valence electrons. The highest BCUT2D eigenvalue weighted by Crippen LogP contribution is 2.55. The molecule has 45 heavy (non-hydrogen) atoms. The van der Waals surface area contributed by atoms with Gasteiger partial charge in [-0.3, -0.25) is 19.7 Å². The molecule has 2 aromatic carbocycles. The Morgan fingerprint density at radius 3 is 2.11 bits per heavy atom. The molecule has 5 rings (SSSR count). The standard InChI is InChI=1S/C36H44N2O7/c1-7-44-31-17-24(12-13-30(31)45-22-23-10-8-11-25(16-23)38(41)42)32-33-26(18-35(2,3)20-28(33)39)37(14-9-15-43-6)27-19-36(4,5)21-29(40)34(27)32/h8,10-13,16-17,32H,7,9,14-15,18-22H2,1-6H3. The summed E-state index contributed by atoms with van der Waals surface area (Å²) in [4.78, 5) is 41.2. The zero-order valence-electron chi connectivity index (χ0n) is 27.2. The number of methoxy groups -OCH3 is 1. The van der Waals surface area contributed by atoms with Crippen molar-refractivity contribution in [3.05, 3.63) is 86.2 Å². The van der Waals surface area contributed by atoms with Gasteiger partial charge < -0.3 is 19.1 Å². The number of ketones is 2. The molecule has 9 heteroatoms. The molecule has 2 aromatic rings. The van der Waals surface area contributed by atoms with E-state index in [9.17, 15) is 19.7 Å². The number of nitro groups is 1. The summed E-state index contributed by atoms with van der Waals surface area (Å²) in [5.41, 5.74) is 4.54. The molecule has 1 aliphatic heterocycles. The van der Waals surface area contributed by atoms with E-state index in [1.165, 1.54) is 12.1 Å². The number of hydrogen-bond acceptors (Lipinski definition) is 8. The van der Waals surface area contributed by atoms with E-state index in [4.69, 9.17) is 14.2 Å². The van der Waals surface area contributed by atoms with Crippen LogP contribution in [0.25, 0.3) is 0 Å². The second kappa shape index (κ2) is 12.8. The van der Waals surface area contributed by atoms with Crippen molar-refractivity contribution in [2.75, 3.05) is 26.9 Å². The number of carbonyl (C=O) groups is 2. The third-order valence-electron chi connectivity index (χ3n) is 8.87. The van der Waals surface area contributed by atoms with Gasteiger partial charge in [-0.2, -0.15) is 0 Å². The largest absolute Gasteiger partial charge is 0.490 e. The lowest BCUT2D eigenvalue weighted by molar-refractivity contribution is -0.384. The van der Waals surface area contributed by atoms with Gasteiger partial charge in [0, 0.05) is 73.7 Å². The van der Waals surface area contributed by atoms with Gasteiger partial charge in [0.15, 0.2) is 23.1 Å². The molecule has 0 fully saturated rings. The van der Waals surface area contributed by atoms with Crippen LogP contribution in [0.3, 0.4) is 0 Å². The Labute approximate surface area is 265 Å². The minimum atomic E-state index is -0.495. The van der Waals surface area contributed by atoms with Crippen molar-refractivity contribution in [1.29, 1.82) is 0 Å². The predicted octanol–water partition coefficient (Wildman–Crippen LogP) is 7.29. The van der Waals surface area contributed by atoms with E-state index in [0.717, 1.165) is 36.2 Å². The van der Waals surface area contributed by atoms with Gasteiger partial charge in [0.2, 0.25) is 0 Å². The summed E-state index contributed by atoms with van der Waals surface area (Å²) < 4.78 is 17.5. The molecule has 0 saturated heterocycles. The van der Waals surface area contributed by atoms with Crippen LogP contribution in [-0.2, 0) is 20.9 Å². The maximum absolute atomic E-state index is 14.1. The molecule has 0 radical (unpaired) electrons. The second-order valence-corrected chi connectivity index (χ2v) is 13.9. The Balaban J connectivity index is 1.60. The highest BCUT2D eigenvalue weighted by molar-refractivity contribution is 6.06. The van der Waals surface area contributed by atoms with Gasteiger partial charge in [-0.25, -0.2) is 0 Å². The van der Waals surface area contributed by atoms with Crippen LogP contribution >= 0.6 is 0 Å². The van der Waals surface area contributed by atoms with Crippen molar-refractivity contribution in [3.8, 4) is 11.5 Å². The van der Waals surface area contributed by atoms with E-state index in [0.29, 0.717) is 60.8 Å². The fourth-order valence-electron chi connectivity index (χ4n) is 7.03. The average Bonchev–Trinajstić information content (AvgIpc) is 2.96. The van der Waals surface area contributed by atoms with E-state index in [-0.39, 0.29) is 34.7 Å². The first-order chi connectivity index (χ1) is 21.3. The monoisotopic (exact) mass is 616 g/mol. The van der Waals surface area contributed by atoms with Gasteiger partial charge in [0.1, 0.15) is 6.61 Å². The molecule has 3 aliphatic rings. The van der Waals surface area contributed by atoms with Crippen LogP contribution in [0.1, 0.15) is 83.8 Å². The Morgan fingerprint density at radius 1 is 0.889 bits per heavy atom. The van der Waals surface area contributed by atoms with Crippen LogP contribution in [0.2, 0.25) is 0 Å². The van der Waals surface area contributed by atoms with Gasteiger partial charge in [0.05, 0.1) is 11.5 Å². The number of hydrogen-bond donors (Lipinski definition) is 0. The zero-order chi connectivity index (χ0) is 32.5. The number of non-ortho nitro benzene ring substituents is 1. The molecule has 0 unspecified atom stereocenters. The van der Waals surface area contributed by atoms with Crippen molar-refractivity contribution < 1.29 is 28.7 Å². The Kier molecular flexibility index (Phi) is 9.21. The summed E-state index contributed by atoms with van der Waals surface area (Å²) in [7, 11) is 1.69. The molecule has 0 amide bonds. The van der Waals surface area contributed by atoms with E-state index in [1.54, 1.807) is 19.2 Å². The van der Waals surface area contributed by atoms with Gasteiger partial charge >= 0.3 is 0 Å². The number of benzene rings is 2. The number of ether oxygens (including phenoxy) is 3. The van der Waals surface area contributed by atoms with Crippen molar-refractivity contribution in [1.82, 2.24) is 4.90 Å². The third-order valence-corrected chi connectivity index (χ3v) is 8.87. The molecule has 1 heterocycles. The lowest BCUT2D eigenvalue weighted by Gasteiger charge is -2.49. The highest BCUT2D eigenvalue weighted by Gasteiger charge is 2.49. The molecule has 0 atom stereocenters. The molecule has 2 aliphatic carbocycles. The second-order valence-electron chi connectivity index (χ2n) is 13.9. The summed E-state index contributed by atoms with van der Waals surface area (Å²) >= 11 is 0. The number of rotatable bonds is 11. The summed E-state index contributed by atoms with van der Waals surface area (Å²) in [6.45, 7) is 12.2. The van der Waals surface area contributed by atoms with Crippen LogP contribution in [0.4, 0.5) is 5.69 Å². The normalized spacial score (nSPS) is 19.4. The van der Waals surface area contributed by atoms with Gasteiger partial charge in [0.25, 0.3) is 5.69 Å². The molecule has 0 bridgehead atoms. The summed E-state index contributed by atoms with van der Waals surface area (Å²) in [6.07, 6.45) is 3.10. The molecular formula is C36H44N2O7. The molecule has 0 saturated carbocycles. The molecule has 0 aromatic heterocycles. The fourth-order valence-corrected chi connectivity index (χ4v) is 7.03. The number of allylic oxidation sites excluding steroid dienone is 4. The number of carbonyl (C=O) groups excluding carboxylic acids is 2. The highest BCUT2D eigenvalue weighted by atomic mass is 16.6. The zero-order valence-corrected chi connectivity index (χ0v) is 27.2. The Morgan fingerprint density at radius 2 is 1.53 bits per heavy atom. The molecule has 0 spiro atoms. The summed E-state index contributed by atoms with van der Waals surface area (Å²) in [5.74, 6) is 0.650. The topological polar surface area (TPSA) is 108 Å². The molecular weight excluding hydrogens is 572 g/mol. The van der Waals surface area contributed by atoms with Crippen molar-refractivity contribution in [2.45, 2.75) is 79.2 Å². The van der Waals surface area contributed by atoms with Crippen molar-refractivity contribution in [2.24, 2.45) is 10.8 Å². The maximum atomic E-state index is 14.1. The Bertz CT molecular complexity index is 1510. The van der Waals surface area contributed by atoms with Gasteiger partial charge in [-0.15, -0.1) is 0 Å². The van der Waals surface area contributed by atoms with Crippen LogP contribution in [0.5, 0.6) is 11.5 Å². The minimum absolute atomic E-state index is 0.00106. The SMILES string of the molecule is CCOc1cc(C2C3=C(CC(C)(C)CC3=O)N(CCCOC)C3=C2C(=O)CC(C)(C)C3)ccc1OCc1cccc([N+](=O)[O-])c1.